The molecule has 0 spiro atoms. The standard InChI is InChI=1S/C20H27N5O2S/c1-23(20(26)24-8-10-27-11-9-24)14-4-3-7-25(12-14)18-17-15-5-2-6-16(15)28-19(17)22-13-21-18/h13-14H,2-12H2,1H3. The van der Waals surface area contributed by atoms with Crippen LogP contribution in [-0.2, 0) is 17.6 Å². The van der Waals surface area contributed by atoms with E-state index >= 15 is 0 Å². The molecule has 2 fully saturated rings. The Balaban J connectivity index is 1.37. The zero-order valence-electron chi connectivity index (χ0n) is 16.4. The summed E-state index contributed by atoms with van der Waals surface area (Å²) in [5.74, 6) is 1.07. The van der Waals surface area contributed by atoms with Crippen molar-refractivity contribution in [2.75, 3.05) is 51.3 Å². The third-order valence-corrected chi connectivity index (χ3v) is 7.51. The van der Waals surface area contributed by atoms with Gasteiger partial charge in [0.15, 0.2) is 0 Å². The Morgan fingerprint density at radius 2 is 2.07 bits per heavy atom. The largest absolute Gasteiger partial charge is 0.378 e. The predicted octanol–water partition coefficient (Wildman–Crippen LogP) is 2.53. The molecule has 7 nitrogen and oxygen atoms in total. The van der Waals surface area contributed by atoms with Crippen molar-refractivity contribution in [1.82, 2.24) is 19.8 Å². The fraction of sp³-hybridized carbons (Fsp3) is 0.650. The summed E-state index contributed by atoms with van der Waals surface area (Å²) in [4.78, 5) is 31.0. The maximum atomic E-state index is 12.9. The van der Waals surface area contributed by atoms with Gasteiger partial charge in [-0.05, 0) is 37.7 Å². The van der Waals surface area contributed by atoms with E-state index in [1.54, 1.807) is 6.33 Å². The molecule has 2 amide bonds. The normalized spacial score (nSPS) is 22.5. The lowest BCUT2D eigenvalue weighted by molar-refractivity contribution is 0.0414. The van der Waals surface area contributed by atoms with E-state index in [-0.39, 0.29) is 12.1 Å². The topological polar surface area (TPSA) is 61.8 Å². The molecule has 2 aromatic rings. The van der Waals surface area contributed by atoms with Gasteiger partial charge >= 0.3 is 6.03 Å². The Kier molecular flexibility index (Phi) is 4.84. The molecule has 0 bridgehead atoms. The molecule has 1 unspecified atom stereocenters. The van der Waals surface area contributed by atoms with Gasteiger partial charge in [0.2, 0.25) is 0 Å². The van der Waals surface area contributed by atoms with Crippen LogP contribution < -0.4 is 4.90 Å². The number of aromatic nitrogens is 2. The highest BCUT2D eigenvalue weighted by atomic mass is 32.1. The van der Waals surface area contributed by atoms with Gasteiger partial charge in [-0.25, -0.2) is 14.8 Å². The maximum absolute atomic E-state index is 12.9. The molecule has 5 rings (SSSR count). The maximum Gasteiger partial charge on any atom is 0.320 e. The number of rotatable bonds is 2. The number of hydrogen-bond acceptors (Lipinski definition) is 6. The predicted molar refractivity (Wildman–Crippen MR) is 110 cm³/mol. The third kappa shape index (κ3) is 3.12. The molecule has 3 aliphatic rings. The molecular weight excluding hydrogens is 374 g/mol. The van der Waals surface area contributed by atoms with Crippen LogP contribution in [0.1, 0.15) is 29.7 Å². The number of amides is 2. The van der Waals surface area contributed by atoms with E-state index < -0.39 is 0 Å². The summed E-state index contributed by atoms with van der Waals surface area (Å²) < 4.78 is 5.39. The average molecular weight is 402 g/mol. The third-order valence-electron chi connectivity index (χ3n) is 6.31. The number of carbonyl (C=O) groups excluding carboxylic acids is 1. The van der Waals surface area contributed by atoms with Gasteiger partial charge in [0.25, 0.3) is 0 Å². The van der Waals surface area contributed by atoms with Crippen LogP contribution in [0, 0.1) is 0 Å². The summed E-state index contributed by atoms with van der Waals surface area (Å²) in [5.41, 5.74) is 1.47. The summed E-state index contributed by atoms with van der Waals surface area (Å²) in [6, 6.07) is 0.334. The van der Waals surface area contributed by atoms with Crippen LogP contribution in [0.25, 0.3) is 10.2 Å². The van der Waals surface area contributed by atoms with Crippen molar-refractivity contribution < 1.29 is 9.53 Å². The van der Waals surface area contributed by atoms with Crippen molar-refractivity contribution in [2.24, 2.45) is 0 Å². The van der Waals surface area contributed by atoms with Crippen LogP contribution in [0.15, 0.2) is 6.33 Å². The number of aryl methyl sites for hydroxylation is 2. The Bertz CT molecular complexity index is 879. The van der Waals surface area contributed by atoms with Gasteiger partial charge in [-0.15, -0.1) is 11.3 Å². The Hall–Kier alpha value is -1.93. The first kappa shape index (κ1) is 18.1. The van der Waals surface area contributed by atoms with Crippen LogP contribution in [0.3, 0.4) is 0 Å². The first-order valence-electron chi connectivity index (χ1n) is 10.3. The molecule has 0 radical (unpaired) electrons. The second-order valence-corrected chi connectivity index (χ2v) is 9.05. The molecule has 2 aliphatic heterocycles. The smallest absolute Gasteiger partial charge is 0.320 e. The lowest BCUT2D eigenvalue weighted by Gasteiger charge is -2.40. The summed E-state index contributed by atoms with van der Waals surface area (Å²) in [6.07, 6.45) is 7.38. The van der Waals surface area contributed by atoms with Crippen LogP contribution >= 0.6 is 11.3 Å². The summed E-state index contributed by atoms with van der Waals surface area (Å²) in [6.45, 7) is 4.48. The van der Waals surface area contributed by atoms with E-state index in [1.165, 1.54) is 28.7 Å². The second-order valence-electron chi connectivity index (χ2n) is 7.97. The number of fused-ring (bicyclic) bond motifs is 3. The highest BCUT2D eigenvalue weighted by Crippen LogP contribution is 2.40. The quantitative estimate of drug-likeness (QED) is 0.774. The molecular formula is C20H27N5O2S. The van der Waals surface area contributed by atoms with E-state index in [4.69, 9.17) is 9.72 Å². The Morgan fingerprint density at radius 1 is 1.21 bits per heavy atom. The zero-order valence-corrected chi connectivity index (χ0v) is 17.2. The minimum Gasteiger partial charge on any atom is -0.378 e. The number of carbonyl (C=O) groups is 1. The fourth-order valence-corrected chi connectivity index (χ4v) is 5.97. The van der Waals surface area contributed by atoms with Gasteiger partial charge in [0, 0.05) is 38.1 Å². The molecule has 150 valence electrons. The van der Waals surface area contributed by atoms with Crippen molar-refractivity contribution in [3.8, 4) is 0 Å². The van der Waals surface area contributed by atoms with E-state index in [2.05, 4.69) is 9.88 Å². The summed E-state index contributed by atoms with van der Waals surface area (Å²) in [5, 5.41) is 1.27. The Morgan fingerprint density at radius 3 is 2.93 bits per heavy atom. The molecule has 8 heteroatoms. The molecule has 4 heterocycles. The lowest BCUT2D eigenvalue weighted by Crippen LogP contribution is -2.54. The summed E-state index contributed by atoms with van der Waals surface area (Å²) in [7, 11) is 1.95. The van der Waals surface area contributed by atoms with Crippen LogP contribution in [-0.4, -0.2) is 78.3 Å². The number of morpholine rings is 1. The molecule has 0 N–H and O–H groups in total. The van der Waals surface area contributed by atoms with Crippen molar-refractivity contribution >= 4 is 33.4 Å². The van der Waals surface area contributed by atoms with E-state index in [1.807, 2.05) is 28.2 Å². The van der Waals surface area contributed by atoms with E-state index in [0.717, 1.165) is 43.0 Å². The van der Waals surface area contributed by atoms with Gasteiger partial charge in [-0.2, -0.15) is 0 Å². The number of nitrogens with zero attached hydrogens (tertiary/aromatic N) is 5. The van der Waals surface area contributed by atoms with Crippen molar-refractivity contribution in [2.45, 2.75) is 38.1 Å². The molecule has 0 saturated carbocycles. The number of piperidine rings is 1. The Labute approximate surface area is 169 Å². The van der Waals surface area contributed by atoms with Gasteiger partial charge in [0.05, 0.1) is 24.6 Å². The fourth-order valence-electron chi connectivity index (χ4n) is 4.75. The van der Waals surface area contributed by atoms with Crippen LogP contribution in [0.4, 0.5) is 10.6 Å². The highest BCUT2D eigenvalue weighted by molar-refractivity contribution is 7.19. The van der Waals surface area contributed by atoms with Gasteiger partial charge < -0.3 is 19.4 Å². The van der Waals surface area contributed by atoms with Crippen LogP contribution in [0.2, 0.25) is 0 Å². The number of likely N-dealkylation sites (N-methyl/N-ethyl adjacent to an activating group) is 1. The first-order valence-corrected chi connectivity index (χ1v) is 11.1. The van der Waals surface area contributed by atoms with Gasteiger partial charge in [-0.1, -0.05) is 0 Å². The van der Waals surface area contributed by atoms with Gasteiger partial charge in [-0.3, -0.25) is 0 Å². The number of thiophene rings is 1. The summed E-state index contributed by atoms with van der Waals surface area (Å²) >= 11 is 1.83. The zero-order chi connectivity index (χ0) is 19.1. The molecule has 1 aliphatic carbocycles. The SMILES string of the molecule is CN(C(=O)N1CCOCC1)C1CCCN(c2ncnc3sc4c(c23)CCC4)C1. The lowest BCUT2D eigenvalue weighted by atomic mass is 10.0. The van der Waals surface area contributed by atoms with E-state index in [9.17, 15) is 4.79 Å². The average Bonchev–Trinajstić information content (AvgIpc) is 3.34. The minimum absolute atomic E-state index is 0.124. The number of ether oxygens (including phenoxy) is 1. The number of anilines is 1. The van der Waals surface area contributed by atoms with Crippen molar-refractivity contribution in [1.29, 1.82) is 0 Å². The molecule has 28 heavy (non-hydrogen) atoms. The highest BCUT2D eigenvalue weighted by Gasteiger charge is 2.31. The minimum atomic E-state index is 0.124. The molecule has 2 aromatic heterocycles. The molecule has 1 atom stereocenters. The number of urea groups is 1. The van der Waals surface area contributed by atoms with Crippen molar-refractivity contribution in [3.05, 3.63) is 16.8 Å². The van der Waals surface area contributed by atoms with Crippen molar-refractivity contribution in [3.63, 3.8) is 0 Å². The van der Waals surface area contributed by atoms with Crippen LogP contribution in [0.5, 0.6) is 0 Å². The van der Waals surface area contributed by atoms with E-state index in [0.29, 0.717) is 26.3 Å². The monoisotopic (exact) mass is 401 g/mol. The first-order chi connectivity index (χ1) is 13.7. The van der Waals surface area contributed by atoms with Gasteiger partial charge in [0.1, 0.15) is 17.0 Å². The molecule has 2 saturated heterocycles. The molecule has 0 aromatic carbocycles. The number of hydrogen-bond donors (Lipinski definition) is 0. The second kappa shape index (κ2) is 7.48.